The van der Waals surface area contributed by atoms with Gasteiger partial charge in [0.15, 0.2) is 5.78 Å². The van der Waals surface area contributed by atoms with E-state index in [0.717, 1.165) is 22.2 Å². The molecule has 13 nitrogen and oxygen atoms in total. The molecule has 5 rings (SSSR count). The van der Waals surface area contributed by atoms with E-state index in [1.807, 2.05) is 12.2 Å². The summed E-state index contributed by atoms with van der Waals surface area (Å²) in [6, 6.07) is 15.9. The van der Waals surface area contributed by atoms with Crippen molar-refractivity contribution in [1.29, 1.82) is 0 Å². The Kier molecular flexibility index (Phi) is 7.80. The minimum atomic E-state index is -0.845. The number of nitrogens with zero attached hydrogens (tertiary/aromatic N) is 4. The molecule has 1 fully saturated rings. The Morgan fingerprint density at radius 2 is 1.35 bits per heavy atom. The Balaban J connectivity index is 1.39. The number of carbonyl (C=O) groups is 4. The molecule has 0 aromatic heterocycles. The van der Waals surface area contributed by atoms with Gasteiger partial charge in [0.05, 0.1) is 21.7 Å². The smallest absolute Gasteiger partial charge is 0.273 e. The van der Waals surface area contributed by atoms with E-state index in [1.165, 1.54) is 60.7 Å². The highest BCUT2D eigenvalue weighted by Crippen LogP contribution is 2.39. The number of ketones is 1. The lowest BCUT2D eigenvalue weighted by Gasteiger charge is -2.30. The third kappa shape index (κ3) is 5.73. The molecule has 0 saturated carbocycles. The van der Waals surface area contributed by atoms with E-state index in [9.17, 15) is 39.4 Å². The molecule has 1 heterocycles. The number of benzene rings is 3. The van der Waals surface area contributed by atoms with Crippen LogP contribution in [-0.4, -0.2) is 49.9 Å². The van der Waals surface area contributed by atoms with Crippen LogP contribution in [0.3, 0.4) is 0 Å². The molecule has 1 saturated heterocycles. The average Bonchev–Trinajstić information content (AvgIpc) is 3.26. The fourth-order valence-corrected chi connectivity index (χ4v) is 5.19. The largest absolute Gasteiger partial charge is 0.457 e. The van der Waals surface area contributed by atoms with Crippen molar-refractivity contribution in [2.24, 2.45) is 17.8 Å². The van der Waals surface area contributed by atoms with Gasteiger partial charge in [0, 0.05) is 35.4 Å². The average molecular weight is 585 g/mol. The lowest BCUT2D eigenvalue weighted by atomic mass is 9.78. The number of nitro benzene ring substituents is 2. The molecule has 1 aliphatic heterocycles. The van der Waals surface area contributed by atoms with Crippen molar-refractivity contribution < 1.29 is 33.8 Å². The predicted molar refractivity (Wildman–Crippen MR) is 150 cm³/mol. The number of amides is 3. The lowest BCUT2D eigenvalue weighted by Crippen LogP contribution is -2.52. The van der Waals surface area contributed by atoms with Gasteiger partial charge >= 0.3 is 0 Å². The van der Waals surface area contributed by atoms with Gasteiger partial charge in [-0.3, -0.25) is 39.4 Å². The van der Waals surface area contributed by atoms with Crippen molar-refractivity contribution in [2.75, 3.05) is 6.54 Å². The minimum Gasteiger partial charge on any atom is -0.457 e. The van der Waals surface area contributed by atoms with Gasteiger partial charge in [-0.25, -0.2) is 5.01 Å². The van der Waals surface area contributed by atoms with Crippen molar-refractivity contribution in [3.05, 3.63) is 116 Å². The van der Waals surface area contributed by atoms with Crippen molar-refractivity contribution in [1.82, 2.24) is 10.0 Å². The van der Waals surface area contributed by atoms with Crippen LogP contribution in [0.1, 0.15) is 34.1 Å². The second-order valence-electron chi connectivity index (χ2n) is 10.1. The number of hydrazine groups is 1. The SMILES string of the molecule is C[C@@H]1C=CC[C@@H]2C(=O)N(N(CC(=O)c3ccc(Oc4ccc([N+](=O)[O-])cc4)cc3)C(=O)c3ccc([N+](=O)[O-])cc3)C(=O)[C@H]12. The number of Topliss-reactive ketones (excluding diaryl/α,β-unsaturated/α-hetero) is 1. The topological polar surface area (TPSA) is 170 Å². The van der Waals surface area contributed by atoms with Crippen molar-refractivity contribution in [2.45, 2.75) is 13.3 Å². The highest BCUT2D eigenvalue weighted by atomic mass is 16.6. The van der Waals surface area contributed by atoms with Crippen LogP contribution in [0.15, 0.2) is 84.9 Å². The van der Waals surface area contributed by atoms with E-state index in [0.29, 0.717) is 17.9 Å². The van der Waals surface area contributed by atoms with Crippen LogP contribution in [0.5, 0.6) is 11.5 Å². The Hall–Kier alpha value is -5.72. The molecule has 3 aromatic rings. The van der Waals surface area contributed by atoms with Crippen molar-refractivity contribution in [3.8, 4) is 11.5 Å². The van der Waals surface area contributed by atoms with Gasteiger partial charge in [-0.2, -0.15) is 5.01 Å². The Labute approximate surface area is 244 Å². The van der Waals surface area contributed by atoms with E-state index in [1.54, 1.807) is 6.92 Å². The number of rotatable bonds is 9. The van der Waals surface area contributed by atoms with Crippen molar-refractivity contribution in [3.63, 3.8) is 0 Å². The first-order chi connectivity index (χ1) is 20.5. The Morgan fingerprint density at radius 1 is 0.837 bits per heavy atom. The number of hydrogen-bond acceptors (Lipinski definition) is 9. The van der Waals surface area contributed by atoms with Gasteiger partial charge in [-0.15, -0.1) is 0 Å². The molecule has 3 atom stereocenters. The number of allylic oxidation sites excluding steroid dienone is 2. The maximum Gasteiger partial charge on any atom is 0.273 e. The third-order valence-electron chi connectivity index (χ3n) is 7.40. The number of carbonyl (C=O) groups excluding carboxylic acids is 4. The zero-order chi connectivity index (χ0) is 30.8. The van der Waals surface area contributed by atoms with E-state index in [2.05, 4.69) is 0 Å². The fraction of sp³-hybridized carbons (Fsp3) is 0.200. The quantitative estimate of drug-likeness (QED) is 0.113. The second-order valence-corrected chi connectivity index (χ2v) is 10.1. The molecule has 3 amide bonds. The zero-order valence-corrected chi connectivity index (χ0v) is 22.7. The maximum absolute atomic E-state index is 13.7. The van der Waals surface area contributed by atoms with Crippen molar-refractivity contribution >= 4 is 34.9 Å². The summed E-state index contributed by atoms with van der Waals surface area (Å²) in [6.45, 7) is 1.15. The number of nitro groups is 2. The number of non-ortho nitro benzene ring substituents is 2. The standard InChI is InChI=1S/C30H24N4O9/c1-18-3-2-4-25-27(18)30(38)32(29(25)37)31(28(36)20-5-9-21(10-6-20)33(39)40)17-26(35)19-7-13-23(14-8-19)43-24-15-11-22(12-16-24)34(41)42/h2-3,5-16,18,25,27H,4,17H2,1H3/t18-,25+,27-/m1/s1. The molecule has 0 unspecified atom stereocenters. The maximum atomic E-state index is 13.7. The number of imide groups is 1. The van der Waals surface area contributed by atoms with Gasteiger partial charge in [0.1, 0.15) is 18.0 Å². The van der Waals surface area contributed by atoms with Gasteiger partial charge < -0.3 is 4.74 Å². The fourth-order valence-electron chi connectivity index (χ4n) is 5.19. The van der Waals surface area contributed by atoms with E-state index >= 15 is 0 Å². The first-order valence-corrected chi connectivity index (χ1v) is 13.2. The zero-order valence-electron chi connectivity index (χ0n) is 22.7. The molecule has 3 aromatic carbocycles. The predicted octanol–water partition coefficient (Wildman–Crippen LogP) is 4.73. The first kappa shape index (κ1) is 28.8. The Bertz CT molecular complexity index is 1650. The van der Waals surface area contributed by atoms with Crippen LogP contribution < -0.4 is 4.74 Å². The van der Waals surface area contributed by atoms with Crippen LogP contribution in [0, 0.1) is 38.0 Å². The molecule has 0 spiro atoms. The van der Waals surface area contributed by atoms with Gasteiger partial charge in [-0.1, -0.05) is 19.1 Å². The summed E-state index contributed by atoms with van der Waals surface area (Å²) in [5.41, 5.74) is -0.244. The summed E-state index contributed by atoms with van der Waals surface area (Å²) in [6.07, 6.45) is 3.97. The summed E-state index contributed by atoms with van der Waals surface area (Å²) < 4.78 is 5.68. The molecular formula is C30H24N4O9. The minimum absolute atomic E-state index is 0.0492. The molecular weight excluding hydrogens is 560 g/mol. The Morgan fingerprint density at radius 3 is 1.88 bits per heavy atom. The summed E-state index contributed by atoms with van der Waals surface area (Å²) >= 11 is 0. The molecule has 0 bridgehead atoms. The summed E-state index contributed by atoms with van der Waals surface area (Å²) in [7, 11) is 0. The van der Waals surface area contributed by atoms with E-state index in [-0.39, 0.29) is 28.4 Å². The van der Waals surface area contributed by atoms with Crippen LogP contribution in [0.4, 0.5) is 11.4 Å². The first-order valence-electron chi connectivity index (χ1n) is 13.2. The number of fused-ring (bicyclic) bond motifs is 1. The van der Waals surface area contributed by atoms with Crippen LogP contribution in [-0.2, 0) is 9.59 Å². The van der Waals surface area contributed by atoms with E-state index in [4.69, 9.17) is 4.74 Å². The molecule has 0 radical (unpaired) electrons. The summed E-state index contributed by atoms with van der Waals surface area (Å²) in [4.78, 5) is 74.8. The van der Waals surface area contributed by atoms with Crippen LogP contribution in [0.2, 0.25) is 0 Å². The number of hydrogen-bond donors (Lipinski definition) is 0. The second kappa shape index (κ2) is 11.6. The summed E-state index contributed by atoms with van der Waals surface area (Å²) in [5.74, 6) is -3.57. The highest BCUT2D eigenvalue weighted by molar-refractivity contribution is 6.10. The number of ether oxygens (including phenoxy) is 1. The van der Waals surface area contributed by atoms with Crippen LogP contribution in [0.25, 0.3) is 0 Å². The molecule has 13 heteroatoms. The molecule has 2 aliphatic rings. The normalized spacial score (nSPS) is 19.1. The monoisotopic (exact) mass is 584 g/mol. The van der Waals surface area contributed by atoms with Gasteiger partial charge in [0.2, 0.25) is 0 Å². The molecule has 218 valence electrons. The summed E-state index contributed by atoms with van der Waals surface area (Å²) in [5, 5.41) is 23.5. The lowest BCUT2D eigenvalue weighted by molar-refractivity contribution is -0.385. The van der Waals surface area contributed by atoms with Gasteiger partial charge in [0.25, 0.3) is 29.1 Å². The molecule has 0 N–H and O–H groups in total. The van der Waals surface area contributed by atoms with Crippen LogP contribution >= 0.6 is 0 Å². The molecule has 43 heavy (non-hydrogen) atoms. The van der Waals surface area contributed by atoms with E-state index < -0.39 is 51.7 Å². The molecule has 1 aliphatic carbocycles. The highest BCUT2D eigenvalue weighted by Gasteiger charge is 2.53. The third-order valence-corrected chi connectivity index (χ3v) is 7.40. The van der Waals surface area contributed by atoms with Gasteiger partial charge in [-0.05, 0) is 60.9 Å².